The van der Waals surface area contributed by atoms with Crippen molar-refractivity contribution in [3.05, 3.63) is 53.2 Å². The van der Waals surface area contributed by atoms with Crippen LogP contribution in [0.4, 0.5) is 19.0 Å². The van der Waals surface area contributed by atoms with E-state index in [1.165, 1.54) is 37.6 Å². The molecule has 1 N–H and O–H groups in total. The van der Waals surface area contributed by atoms with Crippen LogP contribution in [0.15, 0.2) is 42.7 Å². The summed E-state index contributed by atoms with van der Waals surface area (Å²) in [5.74, 6) is 0.782. The molecule has 3 heterocycles. The monoisotopic (exact) mass is 458 g/mol. The van der Waals surface area contributed by atoms with E-state index in [0.717, 1.165) is 42.1 Å². The number of benzene rings is 1. The number of hydrogen-bond donors (Lipinski definition) is 1. The van der Waals surface area contributed by atoms with Crippen LogP contribution in [0, 0.1) is 5.41 Å². The van der Waals surface area contributed by atoms with Crippen molar-refractivity contribution in [2.75, 3.05) is 18.0 Å². The van der Waals surface area contributed by atoms with Crippen LogP contribution in [0.2, 0.25) is 0 Å². The lowest BCUT2D eigenvalue weighted by Crippen LogP contribution is -2.56. The van der Waals surface area contributed by atoms with E-state index in [1.807, 2.05) is 0 Å². The van der Waals surface area contributed by atoms with Gasteiger partial charge in [0.25, 0.3) is 0 Å². The predicted molar refractivity (Wildman–Crippen MR) is 120 cm³/mol. The fraction of sp³-hybridized carbons (Fsp3) is 0.500. The molecule has 3 fully saturated rings. The molecule has 6 rings (SSSR count). The van der Waals surface area contributed by atoms with Gasteiger partial charge in [-0.3, -0.25) is 0 Å². The summed E-state index contributed by atoms with van der Waals surface area (Å²) in [6.07, 6.45) is 2.27. The number of fused-ring (bicyclic) bond motifs is 1. The first-order valence-corrected chi connectivity index (χ1v) is 12.0. The Morgan fingerprint density at radius 1 is 1.09 bits per heavy atom. The van der Waals surface area contributed by atoms with Gasteiger partial charge in [-0.2, -0.15) is 13.2 Å². The van der Waals surface area contributed by atoms with E-state index in [4.69, 9.17) is 0 Å². The van der Waals surface area contributed by atoms with Crippen molar-refractivity contribution in [1.29, 1.82) is 0 Å². The second-order valence-corrected chi connectivity index (χ2v) is 10.9. The number of rotatable bonds is 5. The number of nitrogens with one attached hydrogen (secondary N) is 1. The topological polar surface area (TPSA) is 41.0 Å². The number of aromatic nitrogens is 2. The number of halogens is 3. The molecule has 1 atom stereocenters. The molecule has 3 aromatic rings. The second-order valence-electron chi connectivity index (χ2n) is 9.81. The van der Waals surface area contributed by atoms with Gasteiger partial charge in [0.05, 0.1) is 11.8 Å². The molecular weight excluding hydrogens is 433 g/mol. The molecule has 0 bridgehead atoms. The van der Waals surface area contributed by atoms with Crippen molar-refractivity contribution in [2.45, 2.75) is 56.3 Å². The van der Waals surface area contributed by atoms with Crippen LogP contribution in [0.1, 0.15) is 42.5 Å². The third-order valence-electron chi connectivity index (χ3n) is 7.35. The van der Waals surface area contributed by atoms with Crippen molar-refractivity contribution in [3.8, 4) is 0 Å². The highest BCUT2D eigenvalue weighted by molar-refractivity contribution is 7.18. The molecule has 3 aliphatic rings. The largest absolute Gasteiger partial charge is 0.393 e. The number of hydrogen-bond acceptors (Lipinski definition) is 5. The minimum atomic E-state index is -4.21. The first-order valence-electron chi connectivity index (χ1n) is 11.2. The summed E-state index contributed by atoms with van der Waals surface area (Å²) >= 11 is 1.12. The van der Waals surface area contributed by atoms with Crippen LogP contribution in [0.3, 0.4) is 0 Å². The zero-order chi connectivity index (χ0) is 22.0. The van der Waals surface area contributed by atoms with Crippen LogP contribution in [-0.4, -0.2) is 35.3 Å². The molecule has 4 nitrogen and oxygen atoms in total. The van der Waals surface area contributed by atoms with Crippen LogP contribution >= 0.6 is 11.3 Å². The average molecular weight is 459 g/mol. The van der Waals surface area contributed by atoms with Gasteiger partial charge in [0.1, 0.15) is 17.0 Å². The van der Waals surface area contributed by atoms with Gasteiger partial charge in [0.15, 0.2) is 0 Å². The standard InChI is InChI=1S/C24H25F3N4S/c25-24(26,27)12-18-10-19-20(28-15-29-21(19)32-18)31-13-22(14-31)7-6-17(11-22)30-23(8-9-23)16-4-2-1-3-5-16/h1-5,10,15,17,30H,6-9,11-14H2. The van der Waals surface area contributed by atoms with E-state index in [-0.39, 0.29) is 11.0 Å². The molecule has 1 aliphatic heterocycles. The number of nitrogens with zero attached hydrogens (tertiary/aromatic N) is 3. The van der Waals surface area contributed by atoms with Gasteiger partial charge in [-0.25, -0.2) is 9.97 Å². The molecule has 2 saturated carbocycles. The fourth-order valence-electron chi connectivity index (χ4n) is 5.75. The maximum atomic E-state index is 12.8. The Morgan fingerprint density at radius 3 is 2.59 bits per heavy atom. The highest BCUT2D eigenvalue weighted by atomic mass is 32.1. The first-order chi connectivity index (χ1) is 15.3. The van der Waals surface area contributed by atoms with Crippen molar-refractivity contribution < 1.29 is 13.2 Å². The molecular formula is C24H25F3N4S. The summed E-state index contributed by atoms with van der Waals surface area (Å²) in [6.45, 7) is 1.83. The summed E-state index contributed by atoms with van der Waals surface area (Å²) < 4.78 is 38.5. The lowest BCUT2D eigenvalue weighted by Gasteiger charge is -2.49. The van der Waals surface area contributed by atoms with Crippen molar-refractivity contribution in [3.63, 3.8) is 0 Å². The zero-order valence-corrected chi connectivity index (χ0v) is 18.5. The van der Waals surface area contributed by atoms with E-state index < -0.39 is 12.6 Å². The molecule has 1 saturated heterocycles. The first kappa shape index (κ1) is 20.4. The van der Waals surface area contributed by atoms with Gasteiger partial charge in [-0.1, -0.05) is 30.3 Å². The Labute approximate surface area is 188 Å². The fourth-order valence-corrected chi connectivity index (χ4v) is 6.77. The van der Waals surface area contributed by atoms with Crippen molar-refractivity contribution in [2.24, 2.45) is 5.41 Å². The van der Waals surface area contributed by atoms with E-state index in [2.05, 4.69) is 50.5 Å². The van der Waals surface area contributed by atoms with E-state index in [9.17, 15) is 13.2 Å². The Kier molecular flexibility index (Phi) is 4.56. The summed E-state index contributed by atoms with van der Waals surface area (Å²) in [4.78, 5) is 11.8. The molecule has 2 aliphatic carbocycles. The molecule has 32 heavy (non-hydrogen) atoms. The maximum Gasteiger partial charge on any atom is 0.393 e. The molecule has 1 aromatic carbocycles. The Bertz CT molecular complexity index is 1130. The molecule has 1 unspecified atom stereocenters. The molecule has 2 aromatic heterocycles. The summed E-state index contributed by atoms with van der Waals surface area (Å²) in [5, 5.41) is 4.72. The molecule has 0 radical (unpaired) electrons. The van der Waals surface area contributed by atoms with Crippen LogP contribution < -0.4 is 10.2 Å². The molecule has 8 heteroatoms. The summed E-state index contributed by atoms with van der Waals surface area (Å²) in [7, 11) is 0. The van der Waals surface area contributed by atoms with E-state index >= 15 is 0 Å². The number of anilines is 1. The van der Waals surface area contributed by atoms with Gasteiger partial charge in [-0.15, -0.1) is 11.3 Å². The van der Waals surface area contributed by atoms with E-state index in [1.54, 1.807) is 6.07 Å². The Balaban J connectivity index is 1.13. The lowest BCUT2D eigenvalue weighted by atomic mass is 9.78. The van der Waals surface area contributed by atoms with Gasteiger partial charge in [0.2, 0.25) is 0 Å². The van der Waals surface area contributed by atoms with Crippen LogP contribution in [-0.2, 0) is 12.0 Å². The Hall–Kier alpha value is -2.19. The number of alkyl halides is 3. The summed E-state index contributed by atoms with van der Waals surface area (Å²) in [5.41, 5.74) is 1.84. The van der Waals surface area contributed by atoms with Crippen LogP contribution in [0.5, 0.6) is 0 Å². The number of thiophene rings is 1. The molecule has 1 spiro atoms. The van der Waals surface area contributed by atoms with E-state index in [0.29, 0.717) is 15.7 Å². The van der Waals surface area contributed by atoms with Gasteiger partial charge < -0.3 is 10.2 Å². The SMILES string of the molecule is FC(F)(F)Cc1cc2c(N3CC4(CCC(NC5(c6ccccc6)CC5)C4)C3)ncnc2s1. The van der Waals surface area contributed by atoms with Gasteiger partial charge >= 0.3 is 6.18 Å². The van der Waals surface area contributed by atoms with Gasteiger partial charge in [-0.05, 0) is 43.7 Å². The minimum absolute atomic E-state index is 0.158. The normalized spacial score (nSPS) is 23.6. The van der Waals surface area contributed by atoms with Gasteiger partial charge in [0, 0.05) is 35.0 Å². The zero-order valence-electron chi connectivity index (χ0n) is 17.7. The maximum absolute atomic E-state index is 12.8. The highest BCUT2D eigenvalue weighted by Gasteiger charge is 2.52. The molecule has 0 amide bonds. The van der Waals surface area contributed by atoms with Crippen molar-refractivity contribution >= 4 is 27.4 Å². The highest BCUT2D eigenvalue weighted by Crippen LogP contribution is 2.51. The van der Waals surface area contributed by atoms with Crippen LogP contribution in [0.25, 0.3) is 10.2 Å². The third kappa shape index (κ3) is 3.67. The predicted octanol–water partition coefficient (Wildman–Crippen LogP) is 5.43. The third-order valence-corrected chi connectivity index (χ3v) is 8.39. The quantitative estimate of drug-likeness (QED) is 0.553. The molecule has 168 valence electrons. The Morgan fingerprint density at radius 2 is 1.88 bits per heavy atom. The van der Waals surface area contributed by atoms with Crippen molar-refractivity contribution in [1.82, 2.24) is 15.3 Å². The minimum Gasteiger partial charge on any atom is -0.355 e. The smallest absolute Gasteiger partial charge is 0.355 e. The summed E-state index contributed by atoms with van der Waals surface area (Å²) in [6, 6.07) is 12.9. The second kappa shape index (κ2) is 7.15. The lowest BCUT2D eigenvalue weighted by molar-refractivity contribution is -0.126. The average Bonchev–Trinajstić information content (AvgIpc) is 3.20.